The molecule has 7 rings (SSSR count). The molecule has 3 N–H and O–H groups in total. The molecule has 182 valence electrons. The molecule has 35 heavy (non-hydrogen) atoms. The lowest BCUT2D eigenvalue weighted by Crippen LogP contribution is -2.68. The fraction of sp³-hybridized carbons (Fsp3) is 0.375. The number of pyridine rings is 2. The van der Waals surface area contributed by atoms with Crippen molar-refractivity contribution in [2.75, 3.05) is 18.0 Å². The molecule has 2 atom stereocenters. The van der Waals surface area contributed by atoms with Gasteiger partial charge in [-0.15, -0.1) is 0 Å². The number of aromatic nitrogens is 2. The average Bonchev–Trinajstić information content (AvgIpc) is 3.08. The van der Waals surface area contributed by atoms with Crippen LogP contribution in [0.5, 0.6) is 0 Å². The van der Waals surface area contributed by atoms with Crippen molar-refractivity contribution >= 4 is 22.8 Å². The van der Waals surface area contributed by atoms with Crippen LogP contribution in [0.2, 0.25) is 0 Å². The van der Waals surface area contributed by atoms with Crippen LogP contribution < -0.4 is 15.6 Å². The minimum Gasteiger partial charge on any atom is -0.389 e. The molecule has 2 bridgehead atoms. The van der Waals surface area contributed by atoms with Crippen molar-refractivity contribution in [3.63, 3.8) is 0 Å². The summed E-state index contributed by atoms with van der Waals surface area (Å²) in [7, 11) is 0. The average molecular weight is 486 g/mol. The topological polar surface area (TPSA) is 108 Å². The normalized spacial score (nSPS) is 27.0. The Morgan fingerprint density at radius 1 is 1.06 bits per heavy atom. The van der Waals surface area contributed by atoms with Gasteiger partial charge in [-0.3, -0.25) is 14.2 Å². The Morgan fingerprint density at radius 3 is 2.26 bits per heavy atom. The van der Waals surface area contributed by atoms with Gasteiger partial charge in [0.25, 0.3) is 5.91 Å². The molecule has 0 spiro atoms. The van der Waals surface area contributed by atoms with E-state index in [9.17, 15) is 33.0 Å². The molecule has 3 aliphatic carbocycles. The molecule has 0 radical (unpaired) electrons. The van der Waals surface area contributed by atoms with Crippen molar-refractivity contribution in [3.8, 4) is 5.69 Å². The number of amides is 1. The van der Waals surface area contributed by atoms with Gasteiger partial charge in [-0.2, -0.15) is 0 Å². The molecular formula is C24H21F3N4O4. The maximum atomic E-state index is 14.8. The second kappa shape index (κ2) is 7.53. The number of carbonyl (C=O) groups excluding carboxylic acids is 1. The number of nitrogens with zero attached hydrogens (tertiary/aromatic N) is 3. The van der Waals surface area contributed by atoms with E-state index >= 15 is 0 Å². The zero-order chi connectivity index (χ0) is 24.6. The molecule has 1 aliphatic heterocycles. The van der Waals surface area contributed by atoms with Crippen molar-refractivity contribution in [1.29, 1.82) is 0 Å². The van der Waals surface area contributed by atoms with Crippen LogP contribution in [0.15, 0.2) is 35.3 Å². The SMILES string of the molecule is O=C(NC12CC(C1)C2)c1cn(-c2c(F)cc(F)cc2F)c2nc(N3C[C@@H](O)[C@H](O)C3)ccc2c1=O. The molecule has 3 aromatic rings. The summed E-state index contributed by atoms with van der Waals surface area (Å²) < 4.78 is 44.2. The zero-order valence-corrected chi connectivity index (χ0v) is 18.3. The fourth-order valence-electron chi connectivity index (χ4n) is 5.36. The molecule has 0 unspecified atom stereocenters. The summed E-state index contributed by atoms with van der Waals surface area (Å²) >= 11 is 0. The minimum atomic E-state index is -1.24. The Morgan fingerprint density at radius 2 is 1.69 bits per heavy atom. The number of aliphatic hydroxyl groups is 2. The number of halogens is 3. The van der Waals surface area contributed by atoms with E-state index < -0.39 is 46.7 Å². The number of nitrogens with one attached hydrogen (secondary N) is 1. The third-order valence-electron chi connectivity index (χ3n) is 7.30. The lowest BCUT2D eigenvalue weighted by molar-refractivity contribution is -0.0438. The lowest BCUT2D eigenvalue weighted by Gasteiger charge is -2.61. The van der Waals surface area contributed by atoms with E-state index in [0.29, 0.717) is 18.1 Å². The Kier molecular flexibility index (Phi) is 4.74. The van der Waals surface area contributed by atoms with E-state index in [-0.39, 0.29) is 41.0 Å². The summed E-state index contributed by atoms with van der Waals surface area (Å²) in [5, 5.41) is 22.6. The van der Waals surface area contributed by atoms with Gasteiger partial charge in [0, 0.05) is 37.0 Å². The van der Waals surface area contributed by atoms with E-state index in [1.807, 2.05) is 0 Å². The summed E-state index contributed by atoms with van der Waals surface area (Å²) in [5.41, 5.74) is -2.16. The summed E-state index contributed by atoms with van der Waals surface area (Å²) in [4.78, 5) is 32.3. The fourth-order valence-corrected chi connectivity index (χ4v) is 5.36. The third-order valence-corrected chi connectivity index (χ3v) is 7.30. The van der Waals surface area contributed by atoms with Crippen LogP contribution >= 0.6 is 0 Å². The van der Waals surface area contributed by atoms with Gasteiger partial charge < -0.3 is 20.4 Å². The van der Waals surface area contributed by atoms with Crippen molar-refractivity contribution < 1.29 is 28.2 Å². The van der Waals surface area contributed by atoms with Crippen molar-refractivity contribution in [3.05, 3.63) is 63.7 Å². The number of anilines is 1. The Bertz CT molecular complexity index is 1410. The van der Waals surface area contributed by atoms with E-state index in [1.54, 1.807) is 4.90 Å². The van der Waals surface area contributed by atoms with E-state index in [4.69, 9.17) is 0 Å². The molecule has 8 nitrogen and oxygen atoms in total. The van der Waals surface area contributed by atoms with Gasteiger partial charge in [0.05, 0.1) is 17.6 Å². The number of β-amino-alcohol motifs (C(OH)–C–C–N with tert-alkyl or cyclic N) is 2. The van der Waals surface area contributed by atoms with E-state index in [0.717, 1.165) is 30.0 Å². The number of benzene rings is 1. The predicted molar refractivity (Wildman–Crippen MR) is 119 cm³/mol. The predicted octanol–water partition coefficient (Wildman–Crippen LogP) is 1.63. The van der Waals surface area contributed by atoms with Crippen LogP contribution in [0.3, 0.4) is 0 Å². The van der Waals surface area contributed by atoms with Crippen LogP contribution in [0.1, 0.15) is 29.6 Å². The number of fused-ring (bicyclic) bond motifs is 1. The standard InChI is InChI=1S/C24H21F3N4O4/c25-12-3-15(26)20(16(27)4-12)31-8-14(23(35)29-24-5-11(6-24)7-24)21(34)13-1-2-19(28-22(13)31)30-9-17(32)18(33)10-30/h1-4,8,11,17-18,32-33H,5-7,9-10H2,(H,29,35)/t11?,17-,18-,24?/m1/s1. The molecule has 4 fully saturated rings. The van der Waals surface area contributed by atoms with Crippen LogP contribution in [-0.4, -0.2) is 56.5 Å². The van der Waals surface area contributed by atoms with Gasteiger partial charge in [0.2, 0.25) is 5.43 Å². The highest BCUT2D eigenvalue weighted by Crippen LogP contribution is 2.57. The van der Waals surface area contributed by atoms with Gasteiger partial charge >= 0.3 is 0 Å². The van der Waals surface area contributed by atoms with Crippen molar-refractivity contribution in [1.82, 2.24) is 14.9 Å². The van der Waals surface area contributed by atoms with Crippen molar-refractivity contribution in [2.45, 2.75) is 37.0 Å². The van der Waals surface area contributed by atoms with Crippen LogP contribution in [0, 0.1) is 23.4 Å². The maximum Gasteiger partial charge on any atom is 0.257 e. The third kappa shape index (κ3) is 3.41. The maximum absolute atomic E-state index is 14.8. The Balaban J connectivity index is 1.53. The second-order valence-electron chi connectivity index (χ2n) is 9.75. The number of aliphatic hydroxyl groups excluding tert-OH is 2. The van der Waals surface area contributed by atoms with Crippen LogP contribution in [0.25, 0.3) is 16.7 Å². The van der Waals surface area contributed by atoms with Gasteiger partial charge in [-0.1, -0.05) is 0 Å². The number of hydrogen-bond acceptors (Lipinski definition) is 6. The first-order valence-electron chi connectivity index (χ1n) is 11.3. The zero-order valence-electron chi connectivity index (χ0n) is 18.3. The van der Waals surface area contributed by atoms with E-state index in [2.05, 4.69) is 10.3 Å². The highest BCUT2D eigenvalue weighted by molar-refractivity contribution is 5.98. The highest BCUT2D eigenvalue weighted by Gasteiger charge is 2.57. The van der Waals surface area contributed by atoms with Gasteiger partial charge in [0.15, 0.2) is 17.3 Å². The first-order valence-corrected chi connectivity index (χ1v) is 11.3. The molecule has 1 aromatic carbocycles. The minimum absolute atomic E-state index is 0.0622. The van der Waals surface area contributed by atoms with Gasteiger partial charge in [-0.05, 0) is 37.3 Å². The van der Waals surface area contributed by atoms with Gasteiger partial charge in [0.1, 0.15) is 22.9 Å². The number of hydrogen-bond donors (Lipinski definition) is 3. The quantitative estimate of drug-likeness (QED) is 0.518. The molecule has 3 heterocycles. The molecule has 2 aromatic heterocycles. The van der Waals surface area contributed by atoms with E-state index in [1.165, 1.54) is 12.1 Å². The summed E-state index contributed by atoms with van der Waals surface area (Å²) in [6.45, 7) is 0.124. The molecular weight excluding hydrogens is 465 g/mol. The second-order valence-corrected chi connectivity index (χ2v) is 9.75. The van der Waals surface area contributed by atoms with Crippen LogP contribution in [-0.2, 0) is 0 Å². The largest absolute Gasteiger partial charge is 0.389 e. The summed E-state index contributed by atoms with van der Waals surface area (Å²) in [6.07, 6.45) is 1.50. The summed E-state index contributed by atoms with van der Waals surface area (Å²) in [6, 6.07) is 3.85. The Hall–Kier alpha value is -3.44. The molecule has 11 heteroatoms. The molecule has 1 amide bonds. The summed E-state index contributed by atoms with van der Waals surface area (Å²) in [5.74, 6) is -3.42. The first kappa shape index (κ1) is 22.1. The molecule has 3 saturated carbocycles. The number of rotatable bonds is 4. The smallest absolute Gasteiger partial charge is 0.257 e. The molecule has 4 aliphatic rings. The lowest BCUT2D eigenvalue weighted by atomic mass is 9.50. The number of carbonyl (C=O) groups is 1. The highest BCUT2D eigenvalue weighted by atomic mass is 19.1. The molecule has 1 saturated heterocycles. The Labute approximate surface area is 196 Å². The van der Waals surface area contributed by atoms with Crippen LogP contribution in [0.4, 0.5) is 19.0 Å². The van der Waals surface area contributed by atoms with Crippen molar-refractivity contribution in [2.24, 2.45) is 5.92 Å². The monoisotopic (exact) mass is 486 g/mol. The first-order chi connectivity index (χ1) is 16.6. The van der Waals surface area contributed by atoms with Gasteiger partial charge in [-0.25, -0.2) is 18.2 Å².